The zero-order valence-electron chi connectivity index (χ0n) is 15.3. The molecule has 0 aliphatic carbocycles. The van der Waals surface area contributed by atoms with E-state index in [1.54, 1.807) is 0 Å². The third kappa shape index (κ3) is 4.14. The molecule has 0 amide bonds. The summed E-state index contributed by atoms with van der Waals surface area (Å²) in [4.78, 5) is 15.8. The minimum atomic E-state index is -4.78. The smallest absolute Gasteiger partial charge is 0.417 e. The van der Waals surface area contributed by atoms with Gasteiger partial charge in [0.05, 0.1) is 29.5 Å². The summed E-state index contributed by atoms with van der Waals surface area (Å²) in [6.07, 6.45) is -8.58. The predicted octanol–water partition coefficient (Wildman–Crippen LogP) is 6.24. The van der Waals surface area contributed by atoms with Gasteiger partial charge in [-0.2, -0.15) is 26.3 Å². The van der Waals surface area contributed by atoms with Crippen LogP contribution in [0.4, 0.5) is 26.3 Å². The Kier molecular flexibility index (Phi) is 5.56. The van der Waals surface area contributed by atoms with Gasteiger partial charge < -0.3 is 4.74 Å². The van der Waals surface area contributed by atoms with E-state index in [4.69, 9.17) is 0 Å². The van der Waals surface area contributed by atoms with Gasteiger partial charge in [0.1, 0.15) is 0 Å². The average Bonchev–Trinajstić information content (AvgIpc) is 2.71. The molecular formula is C21H13F6NO2. The number of ether oxygens (including phenoxy) is 1. The molecule has 0 aliphatic heterocycles. The number of aromatic nitrogens is 1. The van der Waals surface area contributed by atoms with E-state index in [1.165, 1.54) is 18.2 Å². The Bertz CT molecular complexity index is 1090. The van der Waals surface area contributed by atoms with E-state index in [1.807, 2.05) is 0 Å². The lowest BCUT2D eigenvalue weighted by Gasteiger charge is -2.18. The molecule has 0 N–H and O–H groups in total. The number of benzene rings is 2. The lowest BCUT2D eigenvalue weighted by atomic mass is 9.92. The number of carbonyl (C=O) groups is 1. The third-order valence-electron chi connectivity index (χ3n) is 4.32. The van der Waals surface area contributed by atoms with Gasteiger partial charge in [-0.25, -0.2) is 4.79 Å². The molecule has 0 saturated heterocycles. The second-order valence-electron chi connectivity index (χ2n) is 6.20. The van der Waals surface area contributed by atoms with Crippen LogP contribution >= 0.6 is 0 Å². The lowest BCUT2D eigenvalue weighted by molar-refractivity contribution is -0.138. The summed E-state index contributed by atoms with van der Waals surface area (Å²) in [5, 5.41) is 0. The first-order valence-electron chi connectivity index (χ1n) is 8.45. The Morgan fingerprint density at radius 1 is 0.800 bits per heavy atom. The van der Waals surface area contributed by atoms with Crippen molar-refractivity contribution in [1.29, 1.82) is 0 Å². The first-order chi connectivity index (χ1) is 14.0. The van der Waals surface area contributed by atoms with E-state index in [9.17, 15) is 31.1 Å². The fourth-order valence-electron chi connectivity index (χ4n) is 3.02. The van der Waals surface area contributed by atoms with Crippen molar-refractivity contribution < 1.29 is 35.9 Å². The molecule has 0 bridgehead atoms. The van der Waals surface area contributed by atoms with Gasteiger partial charge in [-0.05, 0) is 23.8 Å². The molecule has 0 unspecified atom stereocenters. The van der Waals surface area contributed by atoms with Crippen LogP contribution in [-0.4, -0.2) is 18.1 Å². The summed E-state index contributed by atoms with van der Waals surface area (Å²) >= 11 is 0. The van der Waals surface area contributed by atoms with Crippen molar-refractivity contribution in [2.75, 3.05) is 7.11 Å². The van der Waals surface area contributed by atoms with Gasteiger partial charge >= 0.3 is 18.3 Å². The van der Waals surface area contributed by atoms with Crippen LogP contribution in [-0.2, 0) is 17.1 Å². The summed E-state index contributed by atoms with van der Waals surface area (Å²) < 4.78 is 85.8. The van der Waals surface area contributed by atoms with E-state index in [0.717, 1.165) is 49.7 Å². The number of hydrogen-bond donors (Lipinski definition) is 0. The molecular weight excluding hydrogens is 412 g/mol. The molecule has 0 spiro atoms. The molecule has 0 saturated carbocycles. The number of hydrogen-bond acceptors (Lipinski definition) is 3. The van der Waals surface area contributed by atoms with Gasteiger partial charge in [0.25, 0.3) is 0 Å². The first kappa shape index (κ1) is 21.4. The van der Waals surface area contributed by atoms with Crippen molar-refractivity contribution in [3.8, 4) is 22.4 Å². The maximum absolute atomic E-state index is 13.6. The van der Waals surface area contributed by atoms with Crippen molar-refractivity contribution in [3.63, 3.8) is 0 Å². The number of nitrogens with zero attached hydrogens (tertiary/aromatic N) is 1. The molecule has 9 heteroatoms. The molecule has 1 aromatic heterocycles. The van der Waals surface area contributed by atoms with E-state index < -0.39 is 40.6 Å². The van der Waals surface area contributed by atoms with E-state index in [0.29, 0.717) is 0 Å². The SMILES string of the molecule is COC(=O)c1cnc(-c2ccccc2C(F)(F)F)c(-c2ccccc2C(F)(F)F)c1. The number of esters is 1. The van der Waals surface area contributed by atoms with Gasteiger partial charge in [-0.3, -0.25) is 4.98 Å². The number of halogens is 6. The van der Waals surface area contributed by atoms with Crippen LogP contribution in [0.5, 0.6) is 0 Å². The Labute approximate surface area is 166 Å². The Morgan fingerprint density at radius 3 is 1.83 bits per heavy atom. The highest BCUT2D eigenvalue weighted by Gasteiger charge is 2.37. The second-order valence-corrected chi connectivity index (χ2v) is 6.20. The van der Waals surface area contributed by atoms with Crippen molar-refractivity contribution in [2.24, 2.45) is 0 Å². The number of alkyl halides is 6. The van der Waals surface area contributed by atoms with E-state index in [-0.39, 0.29) is 16.8 Å². The molecule has 0 fully saturated rings. The largest absolute Gasteiger partial charge is 0.465 e. The van der Waals surface area contributed by atoms with Crippen LogP contribution in [0.2, 0.25) is 0 Å². The van der Waals surface area contributed by atoms with Gasteiger partial charge in [0, 0.05) is 17.3 Å². The van der Waals surface area contributed by atoms with Crippen molar-refractivity contribution in [2.45, 2.75) is 12.4 Å². The number of methoxy groups -OCH3 is 1. The van der Waals surface area contributed by atoms with Crippen molar-refractivity contribution in [3.05, 3.63) is 77.5 Å². The molecule has 1 heterocycles. The summed E-state index contributed by atoms with van der Waals surface area (Å²) in [5.41, 5.74) is -3.76. The van der Waals surface area contributed by atoms with Gasteiger partial charge in [-0.1, -0.05) is 36.4 Å². The summed E-state index contributed by atoms with van der Waals surface area (Å²) in [7, 11) is 1.07. The highest BCUT2D eigenvalue weighted by molar-refractivity contribution is 5.93. The molecule has 2 aromatic carbocycles. The predicted molar refractivity (Wildman–Crippen MR) is 96.5 cm³/mol. The Hall–Kier alpha value is -3.36. The highest BCUT2D eigenvalue weighted by atomic mass is 19.4. The monoisotopic (exact) mass is 425 g/mol. The van der Waals surface area contributed by atoms with Gasteiger partial charge in [-0.15, -0.1) is 0 Å². The maximum atomic E-state index is 13.6. The lowest BCUT2D eigenvalue weighted by Crippen LogP contribution is -2.11. The maximum Gasteiger partial charge on any atom is 0.417 e. The molecule has 3 nitrogen and oxygen atoms in total. The van der Waals surface area contributed by atoms with Crippen LogP contribution in [0.15, 0.2) is 60.8 Å². The van der Waals surface area contributed by atoms with E-state index in [2.05, 4.69) is 9.72 Å². The standard InChI is InChI=1S/C21H13F6NO2/c1-30-19(29)12-10-15(13-6-2-4-8-16(13)20(22,23)24)18(28-11-12)14-7-3-5-9-17(14)21(25,26)27/h2-11H,1H3. The fraction of sp³-hybridized carbons (Fsp3) is 0.143. The van der Waals surface area contributed by atoms with Crippen molar-refractivity contribution >= 4 is 5.97 Å². The van der Waals surface area contributed by atoms with Crippen LogP contribution in [0, 0.1) is 0 Å². The Balaban J connectivity index is 2.38. The van der Waals surface area contributed by atoms with Crippen LogP contribution in [0.3, 0.4) is 0 Å². The first-order valence-corrected chi connectivity index (χ1v) is 8.45. The van der Waals surface area contributed by atoms with E-state index >= 15 is 0 Å². The van der Waals surface area contributed by atoms with Gasteiger partial charge in [0.2, 0.25) is 0 Å². The normalized spacial score (nSPS) is 12.0. The van der Waals surface area contributed by atoms with Crippen LogP contribution in [0.1, 0.15) is 21.5 Å². The zero-order valence-corrected chi connectivity index (χ0v) is 15.3. The van der Waals surface area contributed by atoms with Gasteiger partial charge in [0.15, 0.2) is 0 Å². The molecule has 0 aliphatic rings. The molecule has 156 valence electrons. The highest BCUT2D eigenvalue weighted by Crippen LogP contribution is 2.43. The third-order valence-corrected chi connectivity index (χ3v) is 4.32. The van der Waals surface area contributed by atoms with Crippen LogP contribution < -0.4 is 0 Å². The molecule has 30 heavy (non-hydrogen) atoms. The number of carbonyl (C=O) groups excluding carboxylic acids is 1. The molecule has 3 rings (SSSR count). The Morgan fingerprint density at radius 2 is 1.30 bits per heavy atom. The fourth-order valence-corrected chi connectivity index (χ4v) is 3.02. The minimum absolute atomic E-state index is 0.197. The van der Waals surface area contributed by atoms with Crippen molar-refractivity contribution in [1.82, 2.24) is 4.98 Å². The quantitative estimate of drug-likeness (QED) is 0.368. The molecule has 0 atom stereocenters. The summed E-state index contributed by atoms with van der Waals surface area (Å²) in [5.74, 6) is -0.885. The molecule has 3 aromatic rings. The van der Waals surface area contributed by atoms with Crippen LogP contribution in [0.25, 0.3) is 22.4 Å². The summed E-state index contributed by atoms with van der Waals surface area (Å²) in [6.45, 7) is 0. The summed E-state index contributed by atoms with van der Waals surface area (Å²) in [6, 6.07) is 9.85. The molecule has 0 radical (unpaired) electrons. The average molecular weight is 425 g/mol. The second kappa shape index (κ2) is 7.81. The topological polar surface area (TPSA) is 39.2 Å². The zero-order chi connectivity index (χ0) is 22.1. The minimum Gasteiger partial charge on any atom is -0.465 e. The number of rotatable bonds is 3. The number of pyridine rings is 1.